The second-order valence-electron chi connectivity index (χ2n) is 4.66. The molecular weight excluding hydrogens is 284 g/mol. The van der Waals surface area contributed by atoms with E-state index in [9.17, 15) is 9.59 Å². The van der Waals surface area contributed by atoms with Crippen LogP contribution in [0.3, 0.4) is 0 Å². The van der Waals surface area contributed by atoms with Crippen molar-refractivity contribution in [1.82, 2.24) is 5.32 Å². The number of hydrogen-bond acceptors (Lipinski definition) is 5. The molecule has 0 bridgehead atoms. The molecule has 1 amide bonds. The van der Waals surface area contributed by atoms with Gasteiger partial charge in [0.05, 0.1) is 0 Å². The Morgan fingerprint density at radius 1 is 1.27 bits per heavy atom. The van der Waals surface area contributed by atoms with Gasteiger partial charge < -0.3 is 20.5 Å². The van der Waals surface area contributed by atoms with Gasteiger partial charge in [0.1, 0.15) is 19.3 Å². The molecule has 1 aromatic carbocycles. The van der Waals surface area contributed by atoms with E-state index in [1.54, 1.807) is 0 Å². The van der Waals surface area contributed by atoms with Gasteiger partial charge in [0, 0.05) is 6.54 Å². The second kappa shape index (κ2) is 10.4. The minimum Gasteiger partial charge on any atom is -0.460 e. The van der Waals surface area contributed by atoms with E-state index in [-0.39, 0.29) is 13.2 Å². The van der Waals surface area contributed by atoms with Crippen LogP contribution in [-0.4, -0.2) is 31.3 Å². The molecule has 3 N–H and O–H groups in total. The van der Waals surface area contributed by atoms with Crippen molar-refractivity contribution in [2.45, 2.75) is 25.5 Å². The zero-order valence-electron chi connectivity index (χ0n) is 12.5. The van der Waals surface area contributed by atoms with Gasteiger partial charge in [-0.25, -0.2) is 4.79 Å². The van der Waals surface area contributed by atoms with E-state index < -0.39 is 18.1 Å². The summed E-state index contributed by atoms with van der Waals surface area (Å²) in [5.41, 5.74) is 6.58. The van der Waals surface area contributed by atoms with Crippen LogP contribution in [0.25, 0.3) is 0 Å². The normalized spacial score (nSPS) is 11.3. The number of carbonyl (C=O) groups is 2. The number of esters is 1. The van der Waals surface area contributed by atoms with Gasteiger partial charge in [0.25, 0.3) is 0 Å². The summed E-state index contributed by atoms with van der Waals surface area (Å²) in [6, 6.07) is 8.71. The number of benzene rings is 1. The molecule has 0 fully saturated rings. The van der Waals surface area contributed by atoms with Crippen molar-refractivity contribution in [3.63, 3.8) is 0 Å². The van der Waals surface area contributed by atoms with E-state index in [2.05, 4.69) is 11.9 Å². The molecule has 6 heteroatoms. The van der Waals surface area contributed by atoms with Crippen molar-refractivity contribution in [1.29, 1.82) is 0 Å². The van der Waals surface area contributed by atoms with Crippen LogP contribution in [0.1, 0.15) is 18.4 Å². The molecule has 0 saturated heterocycles. The SMILES string of the molecule is C=CCOC(=O)[C@@H](N)CCCNC(=O)OCc1ccccc1. The lowest BCUT2D eigenvalue weighted by Gasteiger charge is -2.11. The van der Waals surface area contributed by atoms with Crippen LogP contribution in [-0.2, 0) is 20.9 Å². The maximum Gasteiger partial charge on any atom is 0.407 e. The fourth-order valence-electron chi connectivity index (χ4n) is 1.65. The Morgan fingerprint density at radius 3 is 2.68 bits per heavy atom. The number of carbonyl (C=O) groups excluding carboxylic acids is 2. The summed E-state index contributed by atoms with van der Waals surface area (Å²) in [6.45, 7) is 4.20. The molecule has 0 unspecified atom stereocenters. The maximum atomic E-state index is 11.5. The van der Waals surface area contributed by atoms with E-state index in [1.165, 1.54) is 6.08 Å². The highest BCUT2D eigenvalue weighted by Crippen LogP contribution is 2.01. The zero-order valence-corrected chi connectivity index (χ0v) is 12.5. The summed E-state index contributed by atoms with van der Waals surface area (Å²) in [5, 5.41) is 2.61. The summed E-state index contributed by atoms with van der Waals surface area (Å²) in [7, 11) is 0. The Bertz CT molecular complexity index is 476. The van der Waals surface area contributed by atoms with E-state index in [4.69, 9.17) is 15.2 Å². The van der Waals surface area contributed by atoms with Crippen molar-refractivity contribution in [3.8, 4) is 0 Å². The lowest BCUT2D eigenvalue weighted by Crippen LogP contribution is -2.33. The minimum atomic E-state index is -0.693. The lowest BCUT2D eigenvalue weighted by atomic mass is 10.2. The van der Waals surface area contributed by atoms with Gasteiger partial charge in [-0.2, -0.15) is 0 Å². The fraction of sp³-hybridized carbons (Fsp3) is 0.375. The summed E-state index contributed by atoms with van der Waals surface area (Å²) in [4.78, 5) is 22.9. The van der Waals surface area contributed by atoms with Crippen LogP contribution in [0.15, 0.2) is 43.0 Å². The molecule has 0 saturated carbocycles. The molecule has 0 heterocycles. The van der Waals surface area contributed by atoms with Crippen molar-refractivity contribution in [3.05, 3.63) is 48.6 Å². The highest BCUT2D eigenvalue weighted by molar-refractivity contribution is 5.75. The predicted molar refractivity (Wildman–Crippen MR) is 83.0 cm³/mol. The zero-order chi connectivity index (χ0) is 16.2. The first-order valence-corrected chi connectivity index (χ1v) is 7.11. The fourth-order valence-corrected chi connectivity index (χ4v) is 1.65. The minimum absolute atomic E-state index is 0.149. The molecule has 1 aromatic rings. The molecular formula is C16H22N2O4. The number of alkyl carbamates (subject to hydrolysis) is 1. The highest BCUT2D eigenvalue weighted by Gasteiger charge is 2.14. The molecule has 0 aromatic heterocycles. The van der Waals surface area contributed by atoms with Crippen molar-refractivity contribution in [2.24, 2.45) is 5.73 Å². The number of hydrogen-bond donors (Lipinski definition) is 2. The molecule has 1 atom stereocenters. The Hall–Kier alpha value is -2.34. The van der Waals surface area contributed by atoms with E-state index >= 15 is 0 Å². The van der Waals surface area contributed by atoms with E-state index in [0.717, 1.165) is 5.56 Å². The van der Waals surface area contributed by atoms with Crippen LogP contribution in [0.4, 0.5) is 4.79 Å². The van der Waals surface area contributed by atoms with Crippen LogP contribution < -0.4 is 11.1 Å². The average Bonchev–Trinajstić information content (AvgIpc) is 2.55. The molecule has 1 rings (SSSR count). The van der Waals surface area contributed by atoms with Gasteiger partial charge in [-0.15, -0.1) is 0 Å². The Morgan fingerprint density at radius 2 is 2.00 bits per heavy atom. The summed E-state index contributed by atoms with van der Waals surface area (Å²) < 4.78 is 9.88. The molecule has 22 heavy (non-hydrogen) atoms. The number of amides is 1. The number of nitrogens with one attached hydrogen (secondary N) is 1. The third kappa shape index (κ3) is 7.44. The number of rotatable bonds is 9. The molecule has 0 radical (unpaired) electrons. The third-order valence-electron chi connectivity index (χ3n) is 2.82. The first-order chi connectivity index (χ1) is 10.6. The summed E-state index contributed by atoms with van der Waals surface area (Å²) >= 11 is 0. The predicted octanol–water partition coefficient (Wildman–Crippen LogP) is 1.75. The monoisotopic (exact) mass is 306 g/mol. The molecule has 0 aliphatic heterocycles. The van der Waals surface area contributed by atoms with Gasteiger partial charge in [0.15, 0.2) is 0 Å². The van der Waals surface area contributed by atoms with Crippen LogP contribution in [0, 0.1) is 0 Å². The summed E-state index contributed by atoms with van der Waals surface area (Å²) in [5.74, 6) is -0.466. The van der Waals surface area contributed by atoms with Crippen molar-refractivity contribution < 1.29 is 19.1 Å². The smallest absolute Gasteiger partial charge is 0.407 e. The molecule has 120 valence electrons. The standard InChI is InChI=1S/C16H22N2O4/c1-2-11-21-15(19)14(17)9-6-10-18-16(20)22-12-13-7-4-3-5-8-13/h2-5,7-8,14H,1,6,9-12,17H2,(H,18,20)/t14-/m0/s1. The van der Waals surface area contributed by atoms with Gasteiger partial charge >= 0.3 is 12.1 Å². The first-order valence-electron chi connectivity index (χ1n) is 7.11. The molecule has 6 nitrogen and oxygen atoms in total. The quantitative estimate of drug-likeness (QED) is 0.412. The molecule has 0 spiro atoms. The van der Waals surface area contributed by atoms with Crippen molar-refractivity contribution in [2.75, 3.05) is 13.2 Å². The van der Waals surface area contributed by atoms with Crippen LogP contribution >= 0.6 is 0 Å². The van der Waals surface area contributed by atoms with E-state index in [0.29, 0.717) is 19.4 Å². The largest absolute Gasteiger partial charge is 0.460 e. The van der Waals surface area contributed by atoms with Gasteiger partial charge in [-0.3, -0.25) is 4.79 Å². The summed E-state index contributed by atoms with van der Waals surface area (Å²) in [6.07, 6.45) is 1.97. The van der Waals surface area contributed by atoms with Gasteiger partial charge in [-0.05, 0) is 18.4 Å². The average molecular weight is 306 g/mol. The second-order valence-corrected chi connectivity index (χ2v) is 4.66. The van der Waals surface area contributed by atoms with Gasteiger partial charge in [0.2, 0.25) is 0 Å². The maximum absolute atomic E-state index is 11.5. The first kappa shape index (κ1) is 17.7. The Labute approximate surface area is 130 Å². The highest BCUT2D eigenvalue weighted by atomic mass is 16.5. The Balaban J connectivity index is 2.09. The number of ether oxygens (including phenoxy) is 2. The molecule has 0 aliphatic carbocycles. The number of nitrogens with two attached hydrogens (primary N) is 1. The third-order valence-corrected chi connectivity index (χ3v) is 2.82. The molecule has 0 aliphatic rings. The van der Waals surface area contributed by atoms with Crippen LogP contribution in [0.5, 0.6) is 0 Å². The Kier molecular flexibility index (Phi) is 8.37. The van der Waals surface area contributed by atoms with E-state index in [1.807, 2.05) is 30.3 Å². The van der Waals surface area contributed by atoms with Crippen LogP contribution in [0.2, 0.25) is 0 Å². The van der Waals surface area contributed by atoms with Gasteiger partial charge in [-0.1, -0.05) is 43.0 Å². The topological polar surface area (TPSA) is 90.6 Å². The lowest BCUT2D eigenvalue weighted by molar-refractivity contribution is -0.144. The van der Waals surface area contributed by atoms with Crippen molar-refractivity contribution >= 4 is 12.1 Å².